The van der Waals surface area contributed by atoms with Crippen molar-refractivity contribution in [2.75, 3.05) is 4.72 Å². The molecule has 0 fully saturated rings. The van der Waals surface area contributed by atoms with Crippen LogP contribution >= 0.6 is 11.6 Å². The first-order valence-electron chi connectivity index (χ1n) is 6.13. The zero-order valence-corrected chi connectivity index (χ0v) is 12.7. The molecule has 106 valence electrons. The second-order valence-electron chi connectivity index (χ2n) is 4.70. The molecular formula is C14H15ClN2O2S. The molecule has 0 unspecified atom stereocenters. The van der Waals surface area contributed by atoms with E-state index in [9.17, 15) is 8.42 Å². The second kappa shape index (κ2) is 5.81. The largest absolute Gasteiger partial charge is 0.278 e. The highest BCUT2D eigenvalue weighted by Gasteiger charge is 2.14. The summed E-state index contributed by atoms with van der Waals surface area (Å²) in [6, 6.07) is 9.93. The number of anilines is 1. The van der Waals surface area contributed by atoms with Crippen molar-refractivity contribution in [1.82, 2.24) is 4.98 Å². The normalized spacial score (nSPS) is 11.6. The summed E-state index contributed by atoms with van der Waals surface area (Å²) in [4.78, 5) is 4.05. The molecule has 1 heterocycles. The van der Waals surface area contributed by atoms with Gasteiger partial charge in [-0.1, -0.05) is 37.6 Å². The van der Waals surface area contributed by atoms with Gasteiger partial charge in [0.1, 0.15) is 5.15 Å². The number of hydrogen-bond acceptors (Lipinski definition) is 3. The van der Waals surface area contributed by atoms with Crippen molar-refractivity contribution in [3.63, 3.8) is 0 Å². The Morgan fingerprint density at radius 1 is 1.10 bits per heavy atom. The Labute approximate surface area is 123 Å². The zero-order chi connectivity index (χ0) is 14.8. The quantitative estimate of drug-likeness (QED) is 0.877. The Bertz CT molecular complexity index is 680. The molecule has 2 aromatic rings. The summed E-state index contributed by atoms with van der Waals surface area (Å²) < 4.78 is 26.9. The fourth-order valence-corrected chi connectivity index (χ4v) is 2.84. The molecule has 4 nitrogen and oxygen atoms in total. The van der Waals surface area contributed by atoms with E-state index < -0.39 is 10.0 Å². The molecule has 0 atom stereocenters. The van der Waals surface area contributed by atoms with Crippen LogP contribution in [-0.4, -0.2) is 13.4 Å². The highest BCUT2D eigenvalue weighted by Crippen LogP contribution is 2.20. The topological polar surface area (TPSA) is 59.1 Å². The fraction of sp³-hybridized carbons (Fsp3) is 0.214. The fourth-order valence-electron chi connectivity index (χ4n) is 1.68. The van der Waals surface area contributed by atoms with Crippen LogP contribution in [0.4, 0.5) is 5.69 Å². The number of halogens is 1. The van der Waals surface area contributed by atoms with Crippen LogP contribution in [0, 0.1) is 0 Å². The number of hydrogen-bond donors (Lipinski definition) is 1. The van der Waals surface area contributed by atoms with Crippen LogP contribution in [0.2, 0.25) is 5.15 Å². The lowest BCUT2D eigenvalue weighted by atomic mass is 10.0. The van der Waals surface area contributed by atoms with Crippen LogP contribution < -0.4 is 4.72 Å². The Hall–Kier alpha value is -1.59. The Morgan fingerprint density at radius 3 is 2.25 bits per heavy atom. The van der Waals surface area contributed by atoms with E-state index in [2.05, 4.69) is 23.6 Å². The van der Waals surface area contributed by atoms with Gasteiger partial charge >= 0.3 is 0 Å². The minimum Gasteiger partial charge on any atom is -0.278 e. The Morgan fingerprint density at radius 2 is 1.75 bits per heavy atom. The van der Waals surface area contributed by atoms with Crippen molar-refractivity contribution in [3.8, 4) is 0 Å². The van der Waals surface area contributed by atoms with Crippen molar-refractivity contribution in [3.05, 3.63) is 53.3 Å². The first-order valence-corrected chi connectivity index (χ1v) is 7.99. The monoisotopic (exact) mass is 310 g/mol. The molecule has 0 aliphatic heterocycles. The van der Waals surface area contributed by atoms with E-state index in [1.807, 2.05) is 12.1 Å². The SMILES string of the molecule is CC(C)c1ccc(S(=O)(=O)Nc2ccc(Cl)nc2)cc1. The molecular weight excluding hydrogens is 296 g/mol. The smallest absolute Gasteiger partial charge is 0.261 e. The molecule has 20 heavy (non-hydrogen) atoms. The van der Waals surface area contributed by atoms with Crippen molar-refractivity contribution in [2.45, 2.75) is 24.7 Å². The third kappa shape index (κ3) is 3.49. The molecule has 1 aromatic carbocycles. The minimum atomic E-state index is -3.60. The summed E-state index contributed by atoms with van der Waals surface area (Å²) in [6.07, 6.45) is 1.38. The molecule has 0 radical (unpaired) electrons. The molecule has 0 aliphatic carbocycles. The summed E-state index contributed by atoms with van der Waals surface area (Å²) in [5, 5.41) is 0.314. The summed E-state index contributed by atoms with van der Waals surface area (Å²) in [5.41, 5.74) is 1.47. The van der Waals surface area contributed by atoms with E-state index in [0.717, 1.165) is 5.56 Å². The van der Waals surface area contributed by atoms with Gasteiger partial charge in [-0.15, -0.1) is 0 Å². The van der Waals surface area contributed by atoms with E-state index in [1.54, 1.807) is 18.2 Å². The van der Waals surface area contributed by atoms with E-state index in [-0.39, 0.29) is 4.90 Å². The van der Waals surface area contributed by atoms with Gasteiger partial charge in [0.2, 0.25) is 0 Å². The number of rotatable bonds is 4. The summed E-state index contributed by atoms with van der Waals surface area (Å²) >= 11 is 5.66. The number of sulfonamides is 1. The van der Waals surface area contributed by atoms with E-state index in [0.29, 0.717) is 16.8 Å². The molecule has 0 saturated carbocycles. The van der Waals surface area contributed by atoms with Gasteiger partial charge in [-0.3, -0.25) is 4.72 Å². The molecule has 0 aliphatic rings. The standard InChI is InChI=1S/C14H15ClN2O2S/c1-10(2)11-3-6-13(7-4-11)20(18,19)17-12-5-8-14(15)16-9-12/h3-10,17H,1-2H3. The summed E-state index contributed by atoms with van der Waals surface area (Å²) in [5.74, 6) is 0.361. The molecule has 1 N–H and O–H groups in total. The summed E-state index contributed by atoms with van der Waals surface area (Å²) in [7, 11) is -3.60. The molecule has 0 saturated heterocycles. The molecule has 1 aromatic heterocycles. The van der Waals surface area contributed by atoms with Gasteiger partial charge in [0, 0.05) is 0 Å². The average Bonchev–Trinajstić information content (AvgIpc) is 2.41. The van der Waals surface area contributed by atoms with Gasteiger partial charge in [0.15, 0.2) is 0 Å². The van der Waals surface area contributed by atoms with Crippen LogP contribution in [0.5, 0.6) is 0 Å². The maximum absolute atomic E-state index is 12.2. The molecule has 0 amide bonds. The van der Waals surface area contributed by atoms with Gasteiger partial charge in [0.05, 0.1) is 16.8 Å². The number of pyridine rings is 1. The van der Waals surface area contributed by atoms with E-state index in [4.69, 9.17) is 11.6 Å². The number of benzene rings is 1. The zero-order valence-electron chi connectivity index (χ0n) is 11.2. The van der Waals surface area contributed by atoms with Crippen LogP contribution in [0.25, 0.3) is 0 Å². The molecule has 0 bridgehead atoms. The predicted octanol–water partition coefficient (Wildman–Crippen LogP) is 3.66. The maximum atomic E-state index is 12.2. The Balaban J connectivity index is 2.23. The summed E-state index contributed by atoms with van der Waals surface area (Å²) in [6.45, 7) is 4.11. The predicted molar refractivity (Wildman–Crippen MR) is 80.6 cm³/mol. The minimum absolute atomic E-state index is 0.219. The van der Waals surface area contributed by atoms with Crippen molar-refractivity contribution >= 4 is 27.3 Å². The van der Waals surface area contributed by atoms with Crippen LogP contribution in [0.3, 0.4) is 0 Å². The maximum Gasteiger partial charge on any atom is 0.261 e. The Kier molecular flexibility index (Phi) is 4.30. The van der Waals surface area contributed by atoms with E-state index in [1.165, 1.54) is 12.3 Å². The van der Waals surface area contributed by atoms with Gasteiger partial charge in [0.25, 0.3) is 10.0 Å². The third-order valence-corrected chi connectivity index (χ3v) is 4.46. The molecule has 0 spiro atoms. The van der Waals surface area contributed by atoms with Crippen LogP contribution in [0.1, 0.15) is 25.3 Å². The van der Waals surface area contributed by atoms with E-state index >= 15 is 0 Å². The van der Waals surface area contributed by atoms with Gasteiger partial charge in [-0.05, 0) is 35.7 Å². The lowest BCUT2D eigenvalue weighted by molar-refractivity contribution is 0.601. The number of nitrogens with zero attached hydrogens (tertiary/aromatic N) is 1. The van der Waals surface area contributed by atoms with Crippen molar-refractivity contribution < 1.29 is 8.42 Å². The van der Waals surface area contributed by atoms with Gasteiger partial charge < -0.3 is 0 Å². The average molecular weight is 311 g/mol. The van der Waals surface area contributed by atoms with Gasteiger partial charge in [-0.2, -0.15) is 0 Å². The lowest BCUT2D eigenvalue weighted by Gasteiger charge is -2.09. The number of aromatic nitrogens is 1. The first-order chi connectivity index (χ1) is 9.38. The third-order valence-electron chi connectivity index (χ3n) is 2.84. The highest BCUT2D eigenvalue weighted by molar-refractivity contribution is 7.92. The van der Waals surface area contributed by atoms with Gasteiger partial charge in [-0.25, -0.2) is 13.4 Å². The van der Waals surface area contributed by atoms with Crippen molar-refractivity contribution in [1.29, 1.82) is 0 Å². The first kappa shape index (κ1) is 14.8. The lowest BCUT2D eigenvalue weighted by Crippen LogP contribution is -2.13. The van der Waals surface area contributed by atoms with Crippen molar-refractivity contribution in [2.24, 2.45) is 0 Å². The number of nitrogens with one attached hydrogen (secondary N) is 1. The molecule has 6 heteroatoms. The van der Waals surface area contributed by atoms with Crippen LogP contribution in [0.15, 0.2) is 47.5 Å². The second-order valence-corrected chi connectivity index (χ2v) is 6.77. The molecule has 2 rings (SSSR count). The highest BCUT2D eigenvalue weighted by atomic mass is 35.5. The van der Waals surface area contributed by atoms with Crippen LogP contribution in [-0.2, 0) is 10.0 Å².